The highest BCUT2D eigenvalue weighted by Crippen LogP contribution is 2.11. The van der Waals surface area contributed by atoms with Crippen molar-refractivity contribution in [2.24, 2.45) is 0 Å². The highest BCUT2D eigenvalue weighted by atomic mass is 32.2. The molecule has 0 saturated carbocycles. The van der Waals surface area contributed by atoms with E-state index in [0.717, 1.165) is 11.3 Å². The average Bonchev–Trinajstić information content (AvgIpc) is 2.64. The average molecular weight is 424 g/mol. The molecular weight excluding hydrogens is 398 g/mol. The van der Waals surface area contributed by atoms with Gasteiger partial charge in [0.1, 0.15) is 6.04 Å². The van der Waals surface area contributed by atoms with Crippen LogP contribution in [0.1, 0.15) is 23.2 Å². The van der Waals surface area contributed by atoms with E-state index in [-0.39, 0.29) is 17.0 Å². The Bertz CT molecular complexity index is 972. The fourth-order valence-electron chi connectivity index (χ4n) is 2.73. The smallest absolute Gasteiger partial charge is 0.253 e. The molecule has 0 radical (unpaired) electrons. The van der Waals surface area contributed by atoms with Crippen molar-refractivity contribution in [2.45, 2.75) is 37.8 Å². The number of hydrogen-bond acceptors (Lipinski definition) is 5. The maximum absolute atomic E-state index is 12.7. The van der Waals surface area contributed by atoms with Gasteiger partial charge in [-0.2, -0.15) is 16.5 Å². The molecule has 1 heterocycles. The number of benzene rings is 1. The molecule has 0 aliphatic heterocycles. The molecule has 2 aromatic rings. The number of hydrogen-bond donors (Lipinski definition) is 3. The summed E-state index contributed by atoms with van der Waals surface area (Å²) < 4.78 is 27.6. The van der Waals surface area contributed by atoms with Gasteiger partial charge in [-0.15, -0.1) is 0 Å². The van der Waals surface area contributed by atoms with Crippen molar-refractivity contribution < 1.29 is 13.2 Å². The van der Waals surface area contributed by atoms with E-state index in [1.165, 1.54) is 23.9 Å². The summed E-state index contributed by atoms with van der Waals surface area (Å²) in [5, 5.41) is 2.69. The van der Waals surface area contributed by atoms with Crippen LogP contribution in [-0.4, -0.2) is 37.4 Å². The van der Waals surface area contributed by atoms with Crippen LogP contribution < -0.4 is 15.6 Å². The van der Waals surface area contributed by atoms with Crippen LogP contribution in [-0.2, 0) is 21.4 Å². The number of amides is 1. The molecule has 0 saturated heterocycles. The van der Waals surface area contributed by atoms with E-state index >= 15 is 0 Å². The fraction of sp³-hybridized carbons (Fsp3) is 0.368. The van der Waals surface area contributed by atoms with Crippen LogP contribution in [0.15, 0.2) is 46.1 Å². The lowest BCUT2D eigenvalue weighted by molar-refractivity contribution is -0.122. The summed E-state index contributed by atoms with van der Waals surface area (Å²) in [6, 6.07) is 8.81. The number of aryl methyl sites for hydroxylation is 2. The standard InChI is InChI=1S/C19H25N3O4S2/c1-13-11-14(2)21-18(23)16(13)12-20-19(24)17(9-10-27-3)22-28(25,26)15-7-5-4-6-8-15/h4-8,11,17,22H,9-10,12H2,1-3H3,(H,20,24)(H,21,23)/t17-/m1/s1. The highest BCUT2D eigenvalue weighted by molar-refractivity contribution is 7.98. The zero-order valence-electron chi connectivity index (χ0n) is 16.1. The Balaban J connectivity index is 2.14. The topological polar surface area (TPSA) is 108 Å². The first-order chi connectivity index (χ1) is 13.2. The summed E-state index contributed by atoms with van der Waals surface area (Å²) >= 11 is 1.52. The Morgan fingerprint density at radius 2 is 1.89 bits per heavy atom. The zero-order valence-corrected chi connectivity index (χ0v) is 17.7. The summed E-state index contributed by atoms with van der Waals surface area (Å²) in [5.41, 5.74) is 1.70. The van der Waals surface area contributed by atoms with Crippen LogP contribution in [0.5, 0.6) is 0 Å². The lowest BCUT2D eigenvalue weighted by atomic mass is 10.1. The minimum absolute atomic E-state index is 0.0309. The molecule has 1 amide bonds. The lowest BCUT2D eigenvalue weighted by Crippen LogP contribution is -2.47. The van der Waals surface area contributed by atoms with E-state index in [2.05, 4.69) is 15.0 Å². The number of H-pyrrole nitrogens is 1. The number of pyridine rings is 1. The van der Waals surface area contributed by atoms with E-state index in [0.29, 0.717) is 17.7 Å². The molecule has 1 aromatic carbocycles. The van der Waals surface area contributed by atoms with Gasteiger partial charge in [0, 0.05) is 17.8 Å². The van der Waals surface area contributed by atoms with Crippen molar-refractivity contribution in [1.29, 1.82) is 0 Å². The van der Waals surface area contributed by atoms with Gasteiger partial charge >= 0.3 is 0 Å². The van der Waals surface area contributed by atoms with Crippen molar-refractivity contribution in [2.75, 3.05) is 12.0 Å². The second-order valence-corrected chi connectivity index (χ2v) is 9.13. The second kappa shape index (κ2) is 9.90. The Morgan fingerprint density at radius 1 is 1.21 bits per heavy atom. The van der Waals surface area contributed by atoms with Gasteiger partial charge in [0.15, 0.2) is 0 Å². The Kier molecular flexibility index (Phi) is 7.85. The van der Waals surface area contributed by atoms with Gasteiger partial charge in [0.25, 0.3) is 5.56 Å². The molecule has 7 nitrogen and oxygen atoms in total. The van der Waals surface area contributed by atoms with E-state index in [4.69, 9.17) is 0 Å². The van der Waals surface area contributed by atoms with Crippen molar-refractivity contribution in [3.63, 3.8) is 0 Å². The van der Waals surface area contributed by atoms with Gasteiger partial charge < -0.3 is 10.3 Å². The maximum Gasteiger partial charge on any atom is 0.253 e. The van der Waals surface area contributed by atoms with Crippen molar-refractivity contribution >= 4 is 27.7 Å². The fourth-order valence-corrected chi connectivity index (χ4v) is 4.46. The number of nitrogens with one attached hydrogen (secondary N) is 3. The first kappa shape index (κ1) is 22.2. The summed E-state index contributed by atoms with van der Waals surface area (Å²) in [7, 11) is -3.83. The predicted octanol–water partition coefficient (Wildman–Crippen LogP) is 1.71. The number of rotatable bonds is 9. The molecule has 3 N–H and O–H groups in total. The highest BCUT2D eigenvalue weighted by Gasteiger charge is 2.25. The molecule has 0 unspecified atom stereocenters. The molecule has 152 valence electrons. The van der Waals surface area contributed by atoms with Gasteiger partial charge in [-0.05, 0) is 56.0 Å². The third kappa shape index (κ3) is 5.95. The number of thioether (sulfide) groups is 1. The van der Waals surface area contributed by atoms with Crippen molar-refractivity contribution in [3.05, 3.63) is 63.6 Å². The zero-order chi connectivity index (χ0) is 20.7. The number of carbonyl (C=O) groups is 1. The number of aromatic nitrogens is 1. The van der Waals surface area contributed by atoms with E-state index < -0.39 is 22.0 Å². The summed E-state index contributed by atoms with van der Waals surface area (Å²) in [5.74, 6) is 0.146. The molecule has 28 heavy (non-hydrogen) atoms. The van der Waals surface area contributed by atoms with Gasteiger partial charge in [0.05, 0.1) is 4.90 Å². The second-order valence-electron chi connectivity index (χ2n) is 6.43. The summed E-state index contributed by atoms with van der Waals surface area (Å²) in [6.45, 7) is 3.61. The molecule has 0 fully saturated rings. The minimum Gasteiger partial charge on any atom is -0.350 e. The molecular formula is C19H25N3O4S2. The molecule has 2 rings (SSSR count). The first-order valence-corrected chi connectivity index (χ1v) is 11.7. The number of aromatic amines is 1. The lowest BCUT2D eigenvalue weighted by Gasteiger charge is -2.18. The quantitative estimate of drug-likeness (QED) is 0.569. The Morgan fingerprint density at radius 3 is 2.50 bits per heavy atom. The van der Waals surface area contributed by atoms with Crippen LogP contribution >= 0.6 is 11.8 Å². The predicted molar refractivity (Wildman–Crippen MR) is 112 cm³/mol. The Labute approximate surface area is 169 Å². The molecule has 0 spiro atoms. The minimum atomic E-state index is -3.83. The number of carbonyl (C=O) groups excluding carboxylic acids is 1. The first-order valence-electron chi connectivity index (χ1n) is 8.78. The molecule has 1 aromatic heterocycles. The van der Waals surface area contributed by atoms with Crippen LogP contribution in [0, 0.1) is 13.8 Å². The largest absolute Gasteiger partial charge is 0.350 e. The number of sulfonamides is 1. The molecule has 0 aliphatic rings. The molecule has 0 aliphatic carbocycles. The van der Waals surface area contributed by atoms with Crippen molar-refractivity contribution in [3.8, 4) is 0 Å². The molecule has 1 atom stereocenters. The van der Waals surface area contributed by atoms with E-state index in [1.54, 1.807) is 32.0 Å². The summed E-state index contributed by atoms with van der Waals surface area (Å²) in [6.07, 6.45) is 2.22. The van der Waals surface area contributed by atoms with E-state index in [9.17, 15) is 18.0 Å². The van der Waals surface area contributed by atoms with Gasteiger partial charge in [-0.25, -0.2) is 8.42 Å². The Hall–Kier alpha value is -2.10. The third-order valence-electron chi connectivity index (χ3n) is 4.21. The monoisotopic (exact) mass is 423 g/mol. The van der Waals surface area contributed by atoms with Gasteiger partial charge in [-0.3, -0.25) is 9.59 Å². The normalized spacial score (nSPS) is 12.5. The van der Waals surface area contributed by atoms with E-state index in [1.807, 2.05) is 12.3 Å². The van der Waals surface area contributed by atoms with Crippen LogP contribution in [0.25, 0.3) is 0 Å². The van der Waals surface area contributed by atoms with Crippen molar-refractivity contribution in [1.82, 2.24) is 15.0 Å². The SMILES string of the molecule is CSCC[C@@H](NS(=O)(=O)c1ccccc1)C(=O)NCc1c(C)cc(C)[nH]c1=O. The molecule has 0 bridgehead atoms. The van der Waals surface area contributed by atoms with Crippen LogP contribution in [0.3, 0.4) is 0 Å². The third-order valence-corrected chi connectivity index (χ3v) is 6.34. The van der Waals surface area contributed by atoms with Gasteiger partial charge in [0.2, 0.25) is 15.9 Å². The summed E-state index contributed by atoms with van der Waals surface area (Å²) in [4.78, 5) is 27.6. The van der Waals surface area contributed by atoms with Crippen LogP contribution in [0.4, 0.5) is 0 Å². The van der Waals surface area contributed by atoms with Crippen LogP contribution in [0.2, 0.25) is 0 Å². The van der Waals surface area contributed by atoms with Gasteiger partial charge in [-0.1, -0.05) is 18.2 Å². The molecule has 9 heteroatoms. The maximum atomic E-state index is 12.7.